The van der Waals surface area contributed by atoms with Gasteiger partial charge in [0.25, 0.3) is 0 Å². The Morgan fingerprint density at radius 3 is 2.38 bits per heavy atom. The number of ether oxygens (including phenoxy) is 1. The minimum atomic E-state index is 0.603. The second kappa shape index (κ2) is 8.20. The third kappa shape index (κ3) is 4.87. The first-order valence-corrected chi connectivity index (χ1v) is 8.22. The molecule has 0 heterocycles. The van der Waals surface area contributed by atoms with Crippen molar-refractivity contribution in [2.75, 3.05) is 6.54 Å². The van der Waals surface area contributed by atoms with E-state index in [0.29, 0.717) is 6.61 Å². The predicted octanol–water partition coefficient (Wildman–Crippen LogP) is 4.70. The fourth-order valence-corrected chi connectivity index (χ4v) is 2.46. The molecule has 0 aliphatic rings. The quantitative estimate of drug-likeness (QED) is 0.783. The smallest absolute Gasteiger partial charge is 0.120 e. The van der Waals surface area contributed by atoms with Gasteiger partial charge < -0.3 is 10.1 Å². The molecule has 0 bridgehead atoms. The van der Waals surface area contributed by atoms with Crippen molar-refractivity contribution in [2.24, 2.45) is 0 Å². The van der Waals surface area contributed by atoms with Crippen LogP contribution >= 0.6 is 15.9 Å². The summed E-state index contributed by atoms with van der Waals surface area (Å²) in [5, 5.41) is 3.33. The van der Waals surface area contributed by atoms with Gasteiger partial charge >= 0.3 is 0 Å². The Morgan fingerprint density at radius 1 is 1.00 bits per heavy atom. The zero-order valence-corrected chi connectivity index (χ0v) is 14.2. The Hall–Kier alpha value is -1.32. The van der Waals surface area contributed by atoms with Crippen LogP contribution in [0.1, 0.15) is 30.5 Å². The minimum Gasteiger partial charge on any atom is -0.489 e. The van der Waals surface area contributed by atoms with Crippen LogP contribution in [0.3, 0.4) is 0 Å². The van der Waals surface area contributed by atoms with E-state index in [1.165, 1.54) is 16.7 Å². The summed E-state index contributed by atoms with van der Waals surface area (Å²) in [7, 11) is 0. The van der Waals surface area contributed by atoms with Crippen LogP contribution in [0.4, 0.5) is 0 Å². The molecule has 2 aromatic rings. The molecule has 2 nitrogen and oxygen atoms in total. The highest BCUT2D eigenvalue weighted by Crippen LogP contribution is 2.23. The summed E-state index contributed by atoms with van der Waals surface area (Å²) >= 11 is 3.58. The maximum atomic E-state index is 5.89. The Balaban J connectivity index is 1.98. The number of halogens is 1. The Morgan fingerprint density at radius 2 is 1.71 bits per heavy atom. The zero-order valence-electron chi connectivity index (χ0n) is 12.7. The summed E-state index contributed by atoms with van der Waals surface area (Å²) < 4.78 is 7.01. The second-order valence-electron chi connectivity index (χ2n) is 4.99. The lowest BCUT2D eigenvalue weighted by molar-refractivity contribution is 0.306. The van der Waals surface area contributed by atoms with E-state index in [1.54, 1.807) is 0 Å². The van der Waals surface area contributed by atoms with Crippen LogP contribution in [0.5, 0.6) is 5.75 Å². The van der Waals surface area contributed by atoms with Gasteiger partial charge in [-0.3, -0.25) is 0 Å². The molecule has 0 unspecified atom stereocenters. The molecule has 2 aromatic carbocycles. The molecule has 112 valence electrons. The Kier molecular flexibility index (Phi) is 6.27. The van der Waals surface area contributed by atoms with Crippen LogP contribution in [0.15, 0.2) is 46.9 Å². The normalized spacial score (nSPS) is 10.6. The fourth-order valence-electron chi connectivity index (χ4n) is 2.07. The zero-order chi connectivity index (χ0) is 15.1. The van der Waals surface area contributed by atoms with Crippen LogP contribution < -0.4 is 10.1 Å². The molecule has 0 radical (unpaired) electrons. The van der Waals surface area contributed by atoms with Crippen LogP contribution in [0.25, 0.3) is 0 Å². The molecular weight excluding hydrogens is 326 g/mol. The predicted molar refractivity (Wildman–Crippen MR) is 91.7 cm³/mol. The molecule has 0 amide bonds. The monoisotopic (exact) mass is 347 g/mol. The maximum absolute atomic E-state index is 5.89. The summed E-state index contributed by atoms with van der Waals surface area (Å²) in [5.41, 5.74) is 3.77. The summed E-state index contributed by atoms with van der Waals surface area (Å²) in [6.45, 7) is 6.68. The molecule has 0 fully saturated rings. The van der Waals surface area contributed by atoms with Gasteiger partial charge in [0.15, 0.2) is 0 Å². The number of rotatable bonds is 7. The van der Waals surface area contributed by atoms with Gasteiger partial charge in [0.1, 0.15) is 12.4 Å². The van der Waals surface area contributed by atoms with E-state index in [2.05, 4.69) is 65.4 Å². The molecule has 0 spiro atoms. The molecule has 0 aromatic heterocycles. The Labute approximate surface area is 135 Å². The van der Waals surface area contributed by atoms with E-state index < -0.39 is 0 Å². The second-order valence-corrected chi connectivity index (χ2v) is 5.85. The van der Waals surface area contributed by atoms with Gasteiger partial charge in [-0.2, -0.15) is 0 Å². The van der Waals surface area contributed by atoms with Gasteiger partial charge in [0.2, 0.25) is 0 Å². The van der Waals surface area contributed by atoms with Crippen molar-refractivity contribution >= 4 is 15.9 Å². The van der Waals surface area contributed by atoms with Crippen molar-refractivity contribution in [2.45, 2.75) is 33.4 Å². The molecule has 1 N–H and O–H groups in total. The highest BCUT2D eigenvalue weighted by Gasteiger charge is 2.03. The maximum Gasteiger partial charge on any atom is 0.120 e. The summed E-state index contributed by atoms with van der Waals surface area (Å²) in [4.78, 5) is 0. The van der Waals surface area contributed by atoms with Crippen molar-refractivity contribution in [1.29, 1.82) is 0 Å². The lowest BCUT2D eigenvalue weighted by atomic mass is 10.1. The first-order valence-electron chi connectivity index (χ1n) is 7.42. The first kappa shape index (κ1) is 16.1. The molecule has 0 aliphatic heterocycles. The Bertz CT molecular complexity index is 566. The number of hydrogen-bond acceptors (Lipinski definition) is 2. The lowest BCUT2D eigenvalue weighted by Crippen LogP contribution is -2.12. The number of nitrogens with one attached hydrogen (secondary N) is 1. The van der Waals surface area contributed by atoms with Gasteiger partial charge in [-0.25, -0.2) is 0 Å². The van der Waals surface area contributed by atoms with Gasteiger partial charge in [-0.1, -0.05) is 54.0 Å². The van der Waals surface area contributed by atoms with E-state index in [0.717, 1.165) is 29.7 Å². The largest absolute Gasteiger partial charge is 0.489 e. The van der Waals surface area contributed by atoms with Crippen LogP contribution in [0, 0.1) is 0 Å². The fraction of sp³-hybridized carbons (Fsp3) is 0.333. The van der Waals surface area contributed by atoms with Crippen LogP contribution in [0.2, 0.25) is 0 Å². The van der Waals surface area contributed by atoms with Crippen molar-refractivity contribution in [3.8, 4) is 5.75 Å². The summed E-state index contributed by atoms with van der Waals surface area (Å²) in [6, 6.07) is 14.7. The number of benzene rings is 2. The van der Waals surface area contributed by atoms with Crippen molar-refractivity contribution in [3.05, 3.63) is 63.6 Å². The lowest BCUT2D eigenvalue weighted by Gasteiger charge is -2.10. The van der Waals surface area contributed by atoms with Crippen molar-refractivity contribution < 1.29 is 4.74 Å². The standard InChI is InChI=1S/C18H22BrNO/c1-3-14-5-7-15(8-6-14)13-21-17-9-10-18(19)16(11-17)12-20-4-2/h5-11,20H,3-4,12-13H2,1-2H3. The van der Waals surface area contributed by atoms with Crippen molar-refractivity contribution in [1.82, 2.24) is 5.32 Å². The average Bonchev–Trinajstić information content (AvgIpc) is 2.53. The van der Waals surface area contributed by atoms with E-state index >= 15 is 0 Å². The number of hydrogen-bond donors (Lipinski definition) is 1. The summed E-state index contributed by atoms with van der Waals surface area (Å²) in [5.74, 6) is 0.908. The third-order valence-electron chi connectivity index (χ3n) is 3.42. The third-order valence-corrected chi connectivity index (χ3v) is 4.19. The van der Waals surface area contributed by atoms with Crippen molar-refractivity contribution in [3.63, 3.8) is 0 Å². The average molecular weight is 348 g/mol. The molecular formula is C18H22BrNO. The molecule has 0 saturated heterocycles. The van der Waals surface area contributed by atoms with E-state index in [9.17, 15) is 0 Å². The van der Waals surface area contributed by atoms with Crippen LogP contribution in [-0.4, -0.2) is 6.54 Å². The van der Waals surface area contributed by atoms with Gasteiger partial charge in [0.05, 0.1) is 0 Å². The molecule has 0 saturated carbocycles. The van der Waals surface area contributed by atoms with Gasteiger partial charge in [-0.05, 0) is 47.9 Å². The highest BCUT2D eigenvalue weighted by molar-refractivity contribution is 9.10. The van der Waals surface area contributed by atoms with Gasteiger partial charge in [0, 0.05) is 11.0 Å². The molecule has 0 atom stereocenters. The van der Waals surface area contributed by atoms with E-state index in [1.807, 2.05) is 12.1 Å². The molecule has 3 heteroatoms. The first-order chi connectivity index (χ1) is 10.2. The van der Waals surface area contributed by atoms with Crippen LogP contribution in [-0.2, 0) is 19.6 Å². The number of aryl methyl sites for hydroxylation is 1. The SMILES string of the molecule is CCNCc1cc(OCc2ccc(CC)cc2)ccc1Br. The minimum absolute atomic E-state index is 0.603. The molecule has 0 aliphatic carbocycles. The molecule has 2 rings (SSSR count). The van der Waals surface area contributed by atoms with E-state index in [-0.39, 0.29) is 0 Å². The topological polar surface area (TPSA) is 21.3 Å². The van der Waals surface area contributed by atoms with Gasteiger partial charge in [-0.15, -0.1) is 0 Å². The summed E-state index contributed by atoms with van der Waals surface area (Å²) in [6.07, 6.45) is 1.07. The highest BCUT2D eigenvalue weighted by atomic mass is 79.9. The molecule has 21 heavy (non-hydrogen) atoms. The van der Waals surface area contributed by atoms with E-state index in [4.69, 9.17) is 4.74 Å².